The summed E-state index contributed by atoms with van der Waals surface area (Å²) in [6, 6.07) is 0.474. The Morgan fingerprint density at radius 2 is 2.23 bits per heavy atom. The van der Waals surface area contributed by atoms with Gasteiger partial charge in [0.1, 0.15) is 0 Å². The highest BCUT2D eigenvalue weighted by Gasteiger charge is 2.22. The molecule has 0 aliphatic heterocycles. The van der Waals surface area contributed by atoms with Gasteiger partial charge in [0.05, 0.1) is 6.20 Å². The van der Waals surface area contributed by atoms with E-state index in [1.165, 1.54) is 12.8 Å². The van der Waals surface area contributed by atoms with E-state index in [2.05, 4.69) is 10.9 Å². The second-order valence-corrected chi connectivity index (χ2v) is 3.41. The van der Waals surface area contributed by atoms with Gasteiger partial charge in [-0.2, -0.15) is 0 Å². The third kappa shape index (κ3) is 3.63. The van der Waals surface area contributed by atoms with Crippen LogP contribution in [0.25, 0.3) is 0 Å². The molecular weight excluding hydrogens is 166 g/mol. The van der Waals surface area contributed by atoms with Gasteiger partial charge in [0.2, 0.25) is 0 Å². The van der Waals surface area contributed by atoms with E-state index in [0.29, 0.717) is 11.7 Å². The Bertz CT molecular complexity index is 185. The van der Waals surface area contributed by atoms with Gasteiger partial charge in [-0.1, -0.05) is 0 Å². The molecule has 0 heterocycles. The second-order valence-electron chi connectivity index (χ2n) is 3.41. The van der Waals surface area contributed by atoms with Crippen molar-refractivity contribution in [3.05, 3.63) is 11.9 Å². The molecule has 0 aromatic carbocycles. The summed E-state index contributed by atoms with van der Waals surface area (Å²) in [4.78, 5) is 0. The number of hydrogen-bond donors (Lipinski definition) is 4. The summed E-state index contributed by atoms with van der Waals surface area (Å²) < 4.78 is 0. The molecular formula is C8H19N5. The molecule has 1 atom stereocenters. The lowest BCUT2D eigenvalue weighted by atomic mass is 10.3. The minimum Gasteiger partial charge on any atom is -0.400 e. The summed E-state index contributed by atoms with van der Waals surface area (Å²) in [6.07, 6.45) is 4.23. The predicted molar refractivity (Wildman–Crippen MR) is 53.0 cm³/mol. The molecule has 1 saturated carbocycles. The topological polar surface area (TPSA) is 79.3 Å². The molecule has 76 valence electrons. The fourth-order valence-corrected chi connectivity index (χ4v) is 0.842. The standard InChI is InChI=1S/C8H19N5/c1-6(9)8(10)5-13(11-2)12-7-3-4-7/h5-7,11-12H,3-4,9-10H2,1-2H3/b8-5+/t6-/m0/s1. The number of nitrogens with two attached hydrogens (primary N) is 2. The third-order valence-corrected chi connectivity index (χ3v) is 1.94. The molecule has 1 fully saturated rings. The Morgan fingerprint density at radius 1 is 1.62 bits per heavy atom. The molecule has 0 unspecified atom stereocenters. The maximum Gasteiger partial charge on any atom is 0.0544 e. The molecule has 0 amide bonds. The van der Waals surface area contributed by atoms with E-state index in [9.17, 15) is 0 Å². The molecule has 0 aromatic heterocycles. The molecule has 0 bridgehead atoms. The van der Waals surface area contributed by atoms with Crippen molar-refractivity contribution < 1.29 is 0 Å². The number of rotatable bonds is 5. The van der Waals surface area contributed by atoms with Crippen molar-refractivity contribution >= 4 is 0 Å². The van der Waals surface area contributed by atoms with Crippen molar-refractivity contribution in [2.45, 2.75) is 31.8 Å². The zero-order valence-electron chi connectivity index (χ0n) is 8.25. The molecule has 1 rings (SSSR count). The Kier molecular flexibility index (Phi) is 3.53. The van der Waals surface area contributed by atoms with E-state index in [1.807, 2.05) is 14.0 Å². The van der Waals surface area contributed by atoms with Crippen molar-refractivity contribution in [2.24, 2.45) is 11.5 Å². The lowest BCUT2D eigenvalue weighted by Crippen LogP contribution is -2.44. The van der Waals surface area contributed by atoms with Crippen molar-refractivity contribution in [1.29, 1.82) is 0 Å². The van der Waals surface area contributed by atoms with Gasteiger partial charge >= 0.3 is 0 Å². The second kappa shape index (κ2) is 4.45. The molecule has 1 aliphatic carbocycles. The van der Waals surface area contributed by atoms with Crippen LogP contribution in [0.2, 0.25) is 0 Å². The van der Waals surface area contributed by atoms with Crippen LogP contribution >= 0.6 is 0 Å². The lowest BCUT2D eigenvalue weighted by Gasteiger charge is -2.21. The van der Waals surface area contributed by atoms with Crippen LogP contribution in [0.1, 0.15) is 19.8 Å². The highest BCUT2D eigenvalue weighted by Crippen LogP contribution is 2.18. The van der Waals surface area contributed by atoms with Crippen molar-refractivity contribution in [1.82, 2.24) is 16.0 Å². The largest absolute Gasteiger partial charge is 0.400 e. The summed E-state index contributed by atoms with van der Waals surface area (Å²) in [5, 5.41) is 1.76. The van der Waals surface area contributed by atoms with E-state index >= 15 is 0 Å². The quantitative estimate of drug-likeness (QED) is 0.423. The molecule has 5 nitrogen and oxygen atoms in total. The van der Waals surface area contributed by atoms with Crippen LogP contribution in [0.4, 0.5) is 0 Å². The fraction of sp³-hybridized carbons (Fsp3) is 0.750. The smallest absolute Gasteiger partial charge is 0.0544 e. The molecule has 6 N–H and O–H groups in total. The van der Waals surface area contributed by atoms with Crippen LogP contribution < -0.4 is 22.3 Å². The van der Waals surface area contributed by atoms with Gasteiger partial charge < -0.3 is 11.5 Å². The average Bonchev–Trinajstić information content (AvgIpc) is 2.86. The van der Waals surface area contributed by atoms with Crippen LogP contribution in [0.15, 0.2) is 11.9 Å². The number of hydrazine groups is 2. The zero-order valence-corrected chi connectivity index (χ0v) is 8.25. The first kappa shape index (κ1) is 10.3. The van der Waals surface area contributed by atoms with Gasteiger partial charge in [-0.25, -0.2) is 16.0 Å². The maximum absolute atomic E-state index is 5.70. The van der Waals surface area contributed by atoms with Gasteiger partial charge in [0, 0.05) is 24.8 Å². The van der Waals surface area contributed by atoms with Crippen molar-refractivity contribution in [2.75, 3.05) is 7.05 Å². The SMILES string of the molecule is CNN(/C=C(/N)[C@H](C)N)NC1CC1. The van der Waals surface area contributed by atoms with E-state index in [1.54, 1.807) is 11.3 Å². The van der Waals surface area contributed by atoms with Crippen LogP contribution in [0.3, 0.4) is 0 Å². The first-order chi connectivity index (χ1) is 6.13. The molecule has 0 radical (unpaired) electrons. The Balaban J connectivity index is 2.40. The highest BCUT2D eigenvalue weighted by molar-refractivity contribution is 5.02. The van der Waals surface area contributed by atoms with Gasteiger partial charge in [-0.05, 0) is 19.8 Å². The first-order valence-electron chi connectivity index (χ1n) is 4.59. The third-order valence-electron chi connectivity index (χ3n) is 1.94. The zero-order chi connectivity index (χ0) is 9.84. The Labute approximate surface area is 79.1 Å². The predicted octanol–water partition coefficient (Wildman–Crippen LogP) is -0.763. The van der Waals surface area contributed by atoms with Gasteiger partial charge in [0.25, 0.3) is 0 Å². The molecule has 0 aromatic rings. The summed E-state index contributed by atoms with van der Waals surface area (Å²) in [6.45, 7) is 1.86. The fourth-order valence-electron chi connectivity index (χ4n) is 0.842. The molecule has 0 saturated heterocycles. The van der Waals surface area contributed by atoms with E-state index in [4.69, 9.17) is 11.5 Å². The molecule has 13 heavy (non-hydrogen) atoms. The number of nitrogens with one attached hydrogen (secondary N) is 2. The molecule has 0 spiro atoms. The van der Waals surface area contributed by atoms with E-state index < -0.39 is 0 Å². The Morgan fingerprint density at radius 3 is 2.62 bits per heavy atom. The van der Waals surface area contributed by atoms with Crippen LogP contribution in [-0.4, -0.2) is 24.2 Å². The van der Waals surface area contributed by atoms with Crippen molar-refractivity contribution in [3.63, 3.8) is 0 Å². The van der Waals surface area contributed by atoms with E-state index in [0.717, 1.165) is 0 Å². The highest BCUT2D eigenvalue weighted by atomic mass is 15.7. The molecule has 1 aliphatic rings. The summed E-state index contributed by atoms with van der Waals surface area (Å²) in [5.41, 5.74) is 18.2. The van der Waals surface area contributed by atoms with Gasteiger partial charge in [-0.15, -0.1) is 0 Å². The maximum atomic E-state index is 5.70. The minimum atomic E-state index is -0.114. The van der Waals surface area contributed by atoms with Crippen molar-refractivity contribution in [3.8, 4) is 0 Å². The lowest BCUT2D eigenvalue weighted by molar-refractivity contribution is 0.199. The minimum absolute atomic E-state index is 0.114. The summed E-state index contributed by atoms with van der Waals surface area (Å²) >= 11 is 0. The number of hydrogen-bond acceptors (Lipinski definition) is 5. The summed E-state index contributed by atoms with van der Waals surface area (Å²) in [7, 11) is 1.83. The molecule has 5 heteroatoms. The Hall–Kier alpha value is -0.780. The van der Waals surface area contributed by atoms with Crippen LogP contribution in [0.5, 0.6) is 0 Å². The normalized spacial score (nSPS) is 20.1. The average molecular weight is 185 g/mol. The van der Waals surface area contributed by atoms with E-state index in [-0.39, 0.29) is 6.04 Å². The van der Waals surface area contributed by atoms with Gasteiger partial charge in [0.15, 0.2) is 0 Å². The van der Waals surface area contributed by atoms with Crippen LogP contribution in [0, 0.1) is 0 Å². The number of nitrogens with zero attached hydrogens (tertiary/aromatic N) is 1. The first-order valence-corrected chi connectivity index (χ1v) is 4.59. The van der Waals surface area contributed by atoms with Crippen LogP contribution in [-0.2, 0) is 0 Å². The van der Waals surface area contributed by atoms with Gasteiger partial charge in [-0.3, -0.25) is 0 Å². The summed E-state index contributed by atoms with van der Waals surface area (Å²) in [5.74, 6) is 0. The monoisotopic (exact) mass is 185 g/mol.